The van der Waals surface area contributed by atoms with E-state index < -0.39 is 9.84 Å². The molecule has 0 aliphatic carbocycles. The Morgan fingerprint density at radius 3 is 2.86 bits per heavy atom. The van der Waals surface area contributed by atoms with Crippen LogP contribution in [-0.4, -0.2) is 38.2 Å². The van der Waals surface area contributed by atoms with E-state index in [1.165, 1.54) is 25.7 Å². The molecule has 1 saturated heterocycles. The van der Waals surface area contributed by atoms with Crippen molar-refractivity contribution in [3.05, 3.63) is 29.8 Å². The van der Waals surface area contributed by atoms with Gasteiger partial charge in [-0.05, 0) is 44.0 Å². The molecule has 0 aromatic heterocycles. The van der Waals surface area contributed by atoms with Crippen LogP contribution in [0.25, 0.3) is 0 Å². The van der Waals surface area contributed by atoms with Gasteiger partial charge in [-0.3, -0.25) is 4.90 Å². The van der Waals surface area contributed by atoms with Crippen LogP contribution in [0.4, 0.5) is 0 Å². The maximum absolute atomic E-state index is 12.5. The lowest BCUT2D eigenvalue weighted by molar-refractivity contribution is 0.226. The summed E-state index contributed by atoms with van der Waals surface area (Å²) in [6, 6.07) is 7.47. The van der Waals surface area contributed by atoms with Gasteiger partial charge < -0.3 is 5.73 Å². The largest absolute Gasteiger partial charge is 0.326 e. The number of sulfone groups is 1. The molecular weight excluding hydrogens is 284 g/mol. The third-order valence-electron chi connectivity index (χ3n) is 4.33. The second kappa shape index (κ2) is 7.38. The van der Waals surface area contributed by atoms with E-state index in [9.17, 15) is 8.42 Å². The maximum Gasteiger partial charge on any atom is 0.179 e. The van der Waals surface area contributed by atoms with Gasteiger partial charge in [0.25, 0.3) is 0 Å². The van der Waals surface area contributed by atoms with E-state index in [1.54, 1.807) is 18.2 Å². The highest BCUT2D eigenvalue weighted by Gasteiger charge is 2.21. The molecule has 0 bridgehead atoms. The van der Waals surface area contributed by atoms with Gasteiger partial charge in [-0.1, -0.05) is 25.0 Å². The van der Waals surface area contributed by atoms with E-state index in [1.807, 2.05) is 6.07 Å². The van der Waals surface area contributed by atoms with Crippen LogP contribution in [-0.2, 0) is 16.4 Å². The Labute approximate surface area is 128 Å². The van der Waals surface area contributed by atoms with E-state index >= 15 is 0 Å². The average Bonchev–Trinajstić information content (AvgIpc) is 2.70. The summed E-state index contributed by atoms with van der Waals surface area (Å²) in [5.74, 6) is 0.186. The van der Waals surface area contributed by atoms with Crippen molar-refractivity contribution < 1.29 is 8.42 Å². The van der Waals surface area contributed by atoms with Gasteiger partial charge in [0.2, 0.25) is 0 Å². The second-order valence-corrected chi connectivity index (χ2v) is 8.01. The maximum atomic E-state index is 12.5. The van der Waals surface area contributed by atoms with Crippen LogP contribution in [0.2, 0.25) is 0 Å². The van der Waals surface area contributed by atoms with Crippen molar-refractivity contribution in [3.8, 4) is 0 Å². The SMILES string of the molecule is CC1CCCCCN1CCS(=O)(=O)c1cccc(CN)c1. The number of likely N-dealkylation sites (tertiary alicyclic amines) is 1. The molecule has 4 nitrogen and oxygen atoms in total. The quantitative estimate of drug-likeness (QED) is 0.905. The summed E-state index contributed by atoms with van der Waals surface area (Å²) in [5, 5.41) is 0. The number of hydrogen-bond acceptors (Lipinski definition) is 4. The van der Waals surface area contributed by atoms with Crippen molar-refractivity contribution in [2.24, 2.45) is 5.73 Å². The van der Waals surface area contributed by atoms with Crippen molar-refractivity contribution in [1.29, 1.82) is 0 Å². The number of hydrogen-bond donors (Lipinski definition) is 1. The zero-order chi connectivity index (χ0) is 15.3. The Balaban J connectivity index is 2.03. The van der Waals surface area contributed by atoms with Crippen molar-refractivity contribution >= 4 is 9.84 Å². The Bertz CT molecular complexity index is 557. The summed E-state index contributed by atoms with van der Waals surface area (Å²) < 4.78 is 24.9. The minimum absolute atomic E-state index is 0.186. The fourth-order valence-electron chi connectivity index (χ4n) is 2.89. The number of benzene rings is 1. The highest BCUT2D eigenvalue weighted by Crippen LogP contribution is 2.18. The first-order valence-corrected chi connectivity index (χ1v) is 9.44. The molecule has 0 radical (unpaired) electrons. The highest BCUT2D eigenvalue weighted by atomic mass is 32.2. The van der Waals surface area contributed by atoms with Gasteiger partial charge in [-0.15, -0.1) is 0 Å². The van der Waals surface area contributed by atoms with Gasteiger partial charge in [0.15, 0.2) is 9.84 Å². The predicted molar refractivity (Wildman–Crippen MR) is 85.9 cm³/mol. The van der Waals surface area contributed by atoms with Crippen molar-refractivity contribution in [1.82, 2.24) is 4.90 Å². The summed E-state index contributed by atoms with van der Waals surface area (Å²) in [6.45, 7) is 4.20. The normalized spacial score (nSPS) is 21.1. The van der Waals surface area contributed by atoms with Crippen molar-refractivity contribution in [2.75, 3.05) is 18.8 Å². The third-order valence-corrected chi connectivity index (χ3v) is 6.02. The predicted octanol–water partition coefficient (Wildman–Crippen LogP) is 2.18. The van der Waals surface area contributed by atoms with Crippen molar-refractivity contribution in [3.63, 3.8) is 0 Å². The first kappa shape index (κ1) is 16.5. The summed E-state index contributed by atoms with van der Waals surface area (Å²) in [6.07, 6.45) is 4.85. The van der Waals surface area contributed by atoms with E-state index in [2.05, 4.69) is 11.8 Å². The Kier molecular flexibility index (Phi) is 5.79. The minimum Gasteiger partial charge on any atom is -0.326 e. The number of rotatable bonds is 5. The van der Waals surface area contributed by atoms with Crippen LogP contribution < -0.4 is 5.73 Å². The Hall–Kier alpha value is -0.910. The van der Waals surface area contributed by atoms with Gasteiger partial charge in [0, 0.05) is 19.1 Å². The summed E-state index contributed by atoms with van der Waals surface area (Å²) in [4.78, 5) is 2.71. The molecular formula is C16H26N2O2S. The standard InChI is InChI=1S/C16H26N2O2S/c1-14-6-3-2-4-9-18(14)10-11-21(19,20)16-8-5-7-15(12-16)13-17/h5,7-8,12,14H,2-4,6,9-11,13,17H2,1H3. The molecule has 5 heteroatoms. The molecule has 1 fully saturated rings. The lowest BCUT2D eigenvalue weighted by Gasteiger charge is -2.26. The monoisotopic (exact) mass is 310 g/mol. The molecule has 0 saturated carbocycles. The highest BCUT2D eigenvalue weighted by molar-refractivity contribution is 7.91. The van der Waals surface area contributed by atoms with Crippen molar-refractivity contribution in [2.45, 2.75) is 50.1 Å². The third kappa shape index (κ3) is 4.53. The van der Waals surface area contributed by atoms with Crippen LogP contribution in [0.3, 0.4) is 0 Å². The number of nitrogens with zero attached hydrogens (tertiary/aromatic N) is 1. The van der Waals surface area contributed by atoms with Gasteiger partial charge >= 0.3 is 0 Å². The first-order valence-electron chi connectivity index (χ1n) is 7.79. The van der Waals surface area contributed by atoms with Crippen LogP contribution in [0.15, 0.2) is 29.2 Å². The molecule has 1 aromatic rings. The van der Waals surface area contributed by atoms with E-state index in [0.717, 1.165) is 12.1 Å². The zero-order valence-corrected chi connectivity index (χ0v) is 13.6. The van der Waals surface area contributed by atoms with Crippen LogP contribution in [0.1, 0.15) is 38.2 Å². The molecule has 118 valence electrons. The minimum atomic E-state index is -3.22. The average molecular weight is 310 g/mol. The zero-order valence-electron chi connectivity index (χ0n) is 12.8. The van der Waals surface area contributed by atoms with Gasteiger partial charge in [0.05, 0.1) is 10.6 Å². The molecule has 1 heterocycles. The molecule has 1 aliphatic heterocycles. The fraction of sp³-hybridized carbons (Fsp3) is 0.625. The molecule has 1 atom stereocenters. The molecule has 2 N–H and O–H groups in total. The van der Waals surface area contributed by atoms with Crippen LogP contribution in [0, 0.1) is 0 Å². The molecule has 1 unspecified atom stereocenters. The van der Waals surface area contributed by atoms with Gasteiger partial charge in [0.1, 0.15) is 0 Å². The van der Waals surface area contributed by atoms with Gasteiger partial charge in [-0.2, -0.15) is 0 Å². The molecule has 2 rings (SSSR count). The molecule has 1 aliphatic rings. The lowest BCUT2D eigenvalue weighted by atomic mass is 10.1. The summed E-state index contributed by atoms with van der Waals surface area (Å²) in [5.41, 5.74) is 6.45. The molecule has 0 spiro atoms. The van der Waals surface area contributed by atoms with Crippen LogP contribution >= 0.6 is 0 Å². The summed E-state index contributed by atoms with van der Waals surface area (Å²) in [7, 11) is -3.22. The summed E-state index contributed by atoms with van der Waals surface area (Å²) >= 11 is 0. The van der Waals surface area contributed by atoms with E-state index in [0.29, 0.717) is 24.0 Å². The Morgan fingerprint density at radius 2 is 2.10 bits per heavy atom. The smallest absolute Gasteiger partial charge is 0.179 e. The fourth-order valence-corrected chi connectivity index (χ4v) is 4.22. The number of nitrogens with two attached hydrogens (primary N) is 1. The first-order chi connectivity index (χ1) is 10.0. The molecule has 1 aromatic carbocycles. The van der Waals surface area contributed by atoms with Crippen LogP contribution in [0.5, 0.6) is 0 Å². The lowest BCUT2D eigenvalue weighted by Crippen LogP contribution is -2.36. The van der Waals surface area contributed by atoms with E-state index in [4.69, 9.17) is 5.73 Å². The van der Waals surface area contributed by atoms with E-state index in [-0.39, 0.29) is 5.75 Å². The molecule has 0 amide bonds. The van der Waals surface area contributed by atoms with Gasteiger partial charge in [-0.25, -0.2) is 8.42 Å². The topological polar surface area (TPSA) is 63.4 Å². The Morgan fingerprint density at radius 1 is 1.29 bits per heavy atom. The molecule has 21 heavy (non-hydrogen) atoms. The second-order valence-electron chi connectivity index (χ2n) is 5.90.